The second-order valence-electron chi connectivity index (χ2n) is 8.05. The number of fused-ring (bicyclic) bond motifs is 1. The van der Waals surface area contributed by atoms with E-state index >= 15 is 0 Å². The first-order valence-corrected chi connectivity index (χ1v) is 9.81. The zero-order valence-corrected chi connectivity index (χ0v) is 16.4. The number of alkyl halides is 3. The van der Waals surface area contributed by atoms with E-state index < -0.39 is 18.0 Å². The van der Waals surface area contributed by atoms with Gasteiger partial charge in [-0.3, -0.25) is 9.69 Å². The van der Waals surface area contributed by atoms with Crippen molar-refractivity contribution in [3.63, 3.8) is 0 Å². The molecule has 2 fully saturated rings. The normalized spacial score (nSPS) is 23.2. The van der Waals surface area contributed by atoms with Crippen LogP contribution in [0.25, 0.3) is 0 Å². The summed E-state index contributed by atoms with van der Waals surface area (Å²) in [6.45, 7) is 4.73. The van der Waals surface area contributed by atoms with E-state index in [-0.39, 0.29) is 11.4 Å². The summed E-state index contributed by atoms with van der Waals surface area (Å²) in [5.74, 6) is 0.318. The van der Waals surface area contributed by atoms with Crippen molar-refractivity contribution >= 4 is 5.91 Å². The van der Waals surface area contributed by atoms with Crippen LogP contribution in [0, 0.1) is 30.5 Å². The Morgan fingerprint density at radius 2 is 1.90 bits per heavy atom. The van der Waals surface area contributed by atoms with Gasteiger partial charge in [-0.2, -0.15) is 0 Å². The Hall–Kier alpha value is -2.61. The molecule has 1 N–H and O–H groups in total. The topological polar surface area (TPSA) is 41.6 Å². The lowest BCUT2D eigenvalue weighted by Crippen LogP contribution is -2.30. The van der Waals surface area contributed by atoms with Gasteiger partial charge in [-0.25, -0.2) is 4.39 Å². The van der Waals surface area contributed by atoms with Gasteiger partial charge in [0.05, 0.1) is 0 Å². The van der Waals surface area contributed by atoms with E-state index in [1.165, 1.54) is 12.1 Å². The van der Waals surface area contributed by atoms with Crippen molar-refractivity contribution in [3.8, 4) is 5.75 Å². The highest BCUT2D eigenvalue weighted by molar-refractivity contribution is 5.94. The van der Waals surface area contributed by atoms with Crippen molar-refractivity contribution in [2.75, 3.05) is 19.6 Å². The number of halogens is 4. The van der Waals surface area contributed by atoms with Crippen LogP contribution >= 0.6 is 0 Å². The van der Waals surface area contributed by atoms with Crippen LogP contribution < -0.4 is 10.1 Å². The second-order valence-corrected chi connectivity index (χ2v) is 8.05. The fraction of sp³-hybridized carbons (Fsp3) is 0.409. The molecule has 2 aromatic rings. The van der Waals surface area contributed by atoms with Crippen molar-refractivity contribution in [1.82, 2.24) is 10.2 Å². The van der Waals surface area contributed by atoms with Gasteiger partial charge < -0.3 is 10.1 Å². The average molecular weight is 422 g/mol. The SMILES string of the molecule is Cc1ccc(CN2CC3C(CNC(=O)c4cccc(OC(F)(F)F)c4)C3C2)cc1F. The molecule has 4 rings (SSSR count). The number of amides is 1. The molecular weight excluding hydrogens is 400 g/mol. The highest BCUT2D eigenvalue weighted by Crippen LogP contribution is 2.51. The highest BCUT2D eigenvalue weighted by atomic mass is 19.4. The number of ether oxygens (including phenoxy) is 1. The van der Waals surface area contributed by atoms with Gasteiger partial charge in [0.2, 0.25) is 0 Å². The van der Waals surface area contributed by atoms with E-state index in [9.17, 15) is 22.4 Å². The van der Waals surface area contributed by atoms with Crippen molar-refractivity contribution in [1.29, 1.82) is 0 Å². The van der Waals surface area contributed by atoms with Gasteiger partial charge in [0.25, 0.3) is 5.91 Å². The first-order chi connectivity index (χ1) is 14.2. The third-order valence-electron chi connectivity index (χ3n) is 5.92. The monoisotopic (exact) mass is 422 g/mol. The van der Waals surface area contributed by atoms with Crippen LogP contribution in [0.2, 0.25) is 0 Å². The molecule has 30 heavy (non-hydrogen) atoms. The zero-order chi connectivity index (χ0) is 21.5. The van der Waals surface area contributed by atoms with E-state index in [0.717, 1.165) is 30.8 Å². The van der Waals surface area contributed by atoms with Gasteiger partial charge in [-0.15, -0.1) is 13.2 Å². The number of hydrogen-bond donors (Lipinski definition) is 1. The largest absolute Gasteiger partial charge is 0.573 e. The minimum Gasteiger partial charge on any atom is -0.406 e. The maximum atomic E-state index is 13.7. The maximum absolute atomic E-state index is 13.7. The van der Waals surface area contributed by atoms with Crippen LogP contribution in [-0.2, 0) is 6.54 Å². The average Bonchev–Trinajstić information content (AvgIpc) is 3.12. The lowest BCUT2D eigenvalue weighted by Gasteiger charge is -2.20. The van der Waals surface area contributed by atoms with Gasteiger partial charge in [-0.1, -0.05) is 18.2 Å². The quantitative estimate of drug-likeness (QED) is 0.712. The first kappa shape index (κ1) is 20.7. The molecule has 1 aliphatic carbocycles. The molecule has 1 aliphatic heterocycles. The third-order valence-corrected chi connectivity index (χ3v) is 5.92. The fourth-order valence-electron chi connectivity index (χ4n) is 4.31. The molecule has 8 heteroatoms. The minimum atomic E-state index is -4.79. The number of likely N-dealkylation sites (tertiary alicyclic amines) is 1. The standard InChI is InChI=1S/C22H22F4N2O2/c1-13-5-6-14(7-20(13)23)10-28-11-18-17(19(18)12-28)9-27-21(29)15-3-2-4-16(8-15)30-22(24,25)26/h2-8,17-19H,9-12H2,1H3,(H,27,29). The Morgan fingerprint density at radius 1 is 1.17 bits per heavy atom. The van der Waals surface area contributed by atoms with Gasteiger partial charge in [0, 0.05) is 31.7 Å². The van der Waals surface area contributed by atoms with E-state index in [2.05, 4.69) is 15.0 Å². The molecule has 1 saturated heterocycles. The fourth-order valence-corrected chi connectivity index (χ4v) is 4.31. The van der Waals surface area contributed by atoms with Gasteiger partial charge in [-0.05, 0) is 60.1 Å². The van der Waals surface area contributed by atoms with Crippen LogP contribution in [-0.4, -0.2) is 36.8 Å². The first-order valence-electron chi connectivity index (χ1n) is 9.81. The summed E-state index contributed by atoms with van der Waals surface area (Å²) in [5, 5.41) is 2.81. The predicted octanol–water partition coefficient (Wildman–Crippen LogP) is 4.14. The molecule has 0 aromatic heterocycles. The molecule has 1 amide bonds. The summed E-state index contributed by atoms with van der Waals surface area (Å²) in [5.41, 5.74) is 1.71. The molecule has 2 unspecified atom stereocenters. The molecule has 2 atom stereocenters. The summed E-state index contributed by atoms with van der Waals surface area (Å²) < 4.78 is 54.5. The summed E-state index contributed by atoms with van der Waals surface area (Å²) in [4.78, 5) is 14.6. The summed E-state index contributed by atoms with van der Waals surface area (Å²) >= 11 is 0. The maximum Gasteiger partial charge on any atom is 0.573 e. The Labute approximate surface area is 171 Å². The van der Waals surface area contributed by atoms with Crippen molar-refractivity contribution in [2.45, 2.75) is 19.8 Å². The number of piperidine rings is 1. The molecule has 2 aromatic carbocycles. The lowest BCUT2D eigenvalue weighted by atomic mass is 10.1. The van der Waals surface area contributed by atoms with Crippen LogP contribution in [0.5, 0.6) is 5.75 Å². The summed E-state index contributed by atoms with van der Waals surface area (Å²) in [6, 6.07) is 10.4. The van der Waals surface area contributed by atoms with Gasteiger partial charge >= 0.3 is 6.36 Å². The lowest BCUT2D eigenvalue weighted by molar-refractivity contribution is -0.274. The molecule has 2 aliphatic rings. The number of carbonyl (C=O) groups excluding carboxylic acids is 1. The molecule has 4 nitrogen and oxygen atoms in total. The molecule has 0 radical (unpaired) electrons. The van der Waals surface area contributed by atoms with E-state index in [4.69, 9.17) is 0 Å². The van der Waals surface area contributed by atoms with E-state index in [1.807, 2.05) is 6.07 Å². The van der Waals surface area contributed by atoms with Gasteiger partial charge in [0.1, 0.15) is 11.6 Å². The van der Waals surface area contributed by atoms with Crippen LogP contribution in [0.1, 0.15) is 21.5 Å². The Bertz CT molecular complexity index is 935. The number of nitrogens with one attached hydrogen (secondary N) is 1. The smallest absolute Gasteiger partial charge is 0.406 e. The van der Waals surface area contributed by atoms with Crippen molar-refractivity contribution in [2.24, 2.45) is 17.8 Å². The number of hydrogen-bond acceptors (Lipinski definition) is 3. The van der Waals surface area contributed by atoms with Crippen molar-refractivity contribution < 1.29 is 27.1 Å². The van der Waals surface area contributed by atoms with Crippen molar-refractivity contribution in [3.05, 3.63) is 65.0 Å². The van der Waals surface area contributed by atoms with Crippen LogP contribution in [0.3, 0.4) is 0 Å². The highest BCUT2D eigenvalue weighted by Gasteiger charge is 2.55. The van der Waals surface area contributed by atoms with E-state index in [0.29, 0.717) is 36.4 Å². The summed E-state index contributed by atoms with van der Waals surface area (Å²) in [6.07, 6.45) is -4.79. The number of aryl methyl sites for hydroxylation is 1. The second kappa shape index (κ2) is 7.91. The Kier molecular flexibility index (Phi) is 5.44. The number of rotatable bonds is 6. The Balaban J connectivity index is 1.24. The zero-order valence-electron chi connectivity index (χ0n) is 16.4. The number of benzene rings is 2. The number of carbonyl (C=O) groups is 1. The molecule has 0 bridgehead atoms. The molecule has 160 valence electrons. The van der Waals surface area contributed by atoms with E-state index in [1.54, 1.807) is 19.1 Å². The summed E-state index contributed by atoms with van der Waals surface area (Å²) in [7, 11) is 0. The molecular formula is C22H22F4N2O2. The van der Waals surface area contributed by atoms with Crippen LogP contribution in [0.4, 0.5) is 17.6 Å². The molecule has 0 spiro atoms. The third kappa shape index (κ3) is 4.75. The van der Waals surface area contributed by atoms with Gasteiger partial charge in [0.15, 0.2) is 0 Å². The number of nitrogens with zero attached hydrogens (tertiary/aromatic N) is 1. The molecule has 1 heterocycles. The minimum absolute atomic E-state index is 0.130. The molecule has 1 saturated carbocycles. The predicted molar refractivity (Wildman–Crippen MR) is 102 cm³/mol. The Morgan fingerprint density at radius 3 is 2.57 bits per heavy atom. The van der Waals surface area contributed by atoms with Crippen LogP contribution in [0.15, 0.2) is 42.5 Å².